The number of nitro benzene ring substituents is 1. The molecule has 0 bridgehead atoms. The van der Waals surface area contributed by atoms with E-state index >= 15 is 0 Å². The van der Waals surface area contributed by atoms with Crippen LogP contribution in [0.3, 0.4) is 0 Å². The average molecular weight is 282 g/mol. The van der Waals surface area contributed by atoms with Gasteiger partial charge in [-0.05, 0) is 13.8 Å². The first kappa shape index (κ1) is 16.2. The number of hydrogen-bond donors (Lipinski definition) is 1. The molecule has 0 saturated carbocycles. The summed E-state index contributed by atoms with van der Waals surface area (Å²) >= 11 is 0. The Balaban J connectivity index is 2.73. The van der Waals surface area contributed by atoms with E-state index in [0.29, 0.717) is 30.7 Å². The molecule has 0 spiro atoms. The molecule has 0 fully saturated rings. The Kier molecular flexibility index (Phi) is 6.24. The second-order valence-corrected chi connectivity index (χ2v) is 5.04. The summed E-state index contributed by atoms with van der Waals surface area (Å²) in [6.45, 7) is 8.95. The third-order valence-corrected chi connectivity index (χ3v) is 2.37. The van der Waals surface area contributed by atoms with Crippen molar-refractivity contribution in [2.45, 2.75) is 39.8 Å². The molecule has 0 aliphatic rings. The quantitative estimate of drug-likeness (QED) is 0.451. The highest BCUT2D eigenvalue weighted by atomic mass is 16.6. The number of hydrogen-bond acceptors (Lipinski definition) is 5. The average Bonchev–Trinajstić information content (AvgIpc) is 2.33. The second kappa shape index (κ2) is 7.69. The normalized spacial score (nSPS) is 10.9. The van der Waals surface area contributed by atoms with Crippen molar-refractivity contribution in [1.29, 1.82) is 0 Å². The second-order valence-electron chi connectivity index (χ2n) is 5.04. The van der Waals surface area contributed by atoms with Crippen LogP contribution in [-0.4, -0.2) is 30.2 Å². The zero-order chi connectivity index (χ0) is 15.1. The Hall–Kier alpha value is -1.82. The smallest absolute Gasteiger partial charge is 0.276 e. The monoisotopic (exact) mass is 282 g/mol. The van der Waals surface area contributed by atoms with Gasteiger partial charge in [0.2, 0.25) is 0 Å². The lowest BCUT2D eigenvalue weighted by Crippen LogP contribution is -2.27. The summed E-state index contributed by atoms with van der Waals surface area (Å²) in [4.78, 5) is 10.4. The van der Waals surface area contributed by atoms with Gasteiger partial charge in [-0.25, -0.2) is 0 Å². The fourth-order valence-corrected chi connectivity index (χ4v) is 1.60. The molecule has 1 aromatic carbocycles. The van der Waals surface area contributed by atoms with Crippen LogP contribution >= 0.6 is 0 Å². The molecule has 0 aliphatic heterocycles. The maximum Gasteiger partial charge on any atom is 0.276 e. The number of benzene rings is 1. The number of ether oxygens (including phenoxy) is 2. The number of nitrogens with zero attached hydrogens (tertiary/aromatic N) is 1. The first-order valence-electron chi connectivity index (χ1n) is 6.71. The molecule has 20 heavy (non-hydrogen) atoms. The maximum atomic E-state index is 10.9. The van der Waals surface area contributed by atoms with Gasteiger partial charge in [-0.3, -0.25) is 10.1 Å². The number of non-ortho nitro benzene ring substituents is 1. The maximum absolute atomic E-state index is 10.9. The Bertz CT molecular complexity index is 447. The molecule has 0 radical (unpaired) electrons. The van der Waals surface area contributed by atoms with Gasteiger partial charge in [0.1, 0.15) is 18.1 Å². The van der Waals surface area contributed by atoms with Crippen LogP contribution in [0.5, 0.6) is 11.5 Å². The van der Waals surface area contributed by atoms with Crippen LogP contribution in [0.15, 0.2) is 18.2 Å². The minimum atomic E-state index is -0.452. The van der Waals surface area contributed by atoms with Crippen molar-refractivity contribution >= 4 is 5.69 Å². The lowest BCUT2D eigenvalue weighted by atomic mass is 10.3. The lowest BCUT2D eigenvalue weighted by molar-refractivity contribution is -0.385. The molecule has 6 heteroatoms. The highest BCUT2D eigenvalue weighted by Gasteiger charge is 2.12. The third-order valence-electron chi connectivity index (χ3n) is 2.37. The molecule has 112 valence electrons. The van der Waals surface area contributed by atoms with Crippen molar-refractivity contribution in [3.8, 4) is 11.5 Å². The minimum absolute atomic E-state index is 0.0324. The topological polar surface area (TPSA) is 73.6 Å². The Morgan fingerprint density at radius 3 is 2.40 bits per heavy atom. The van der Waals surface area contributed by atoms with Crippen molar-refractivity contribution in [3.05, 3.63) is 28.3 Å². The molecule has 0 unspecified atom stereocenters. The van der Waals surface area contributed by atoms with Gasteiger partial charge in [-0.15, -0.1) is 0 Å². The molecule has 0 heterocycles. The van der Waals surface area contributed by atoms with Crippen LogP contribution in [0, 0.1) is 10.1 Å². The predicted octanol–water partition coefficient (Wildman–Crippen LogP) is 2.76. The van der Waals surface area contributed by atoms with E-state index in [1.807, 2.05) is 27.7 Å². The zero-order valence-electron chi connectivity index (χ0n) is 12.4. The van der Waals surface area contributed by atoms with Gasteiger partial charge in [0.15, 0.2) is 0 Å². The molecule has 1 aromatic rings. The van der Waals surface area contributed by atoms with E-state index < -0.39 is 4.92 Å². The predicted molar refractivity (Wildman–Crippen MR) is 77.5 cm³/mol. The molecule has 0 amide bonds. The summed E-state index contributed by atoms with van der Waals surface area (Å²) in [5, 5.41) is 14.1. The number of rotatable bonds is 8. The van der Waals surface area contributed by atoms with E-state index in [0.717, 1.165) is 0 Å². The molecular formula is C14H22N2O4. The highest BCUT2D eigenvalue weighted by molar-refractivity contribution is 5.46. The molecular weight excluding hydrogens is 260 g/mol. The summed E-state index contributed by atoms with van der Waals surface area (Å²) in [7, 11) is 0. The SMILES string of the molecule is CC(C)NCCOc1cc(OC(C)C)cc([N+](=O)[O-])c1. The van der Waals surface area contributed by atoms with Gasteiger partial charge >= 0.3 is 0 Å². The Labute approximate surface area is 119 Å². The summed E-state index contributed by atoms with van der Waals surface area (Å²) in [5.74, 6) is 0.890. The van der Waals surface area contributed by atoms with Gasteiger partial charge in [0.25, 0.3) is 5.69 Å². The summed E-state index contributed by atoms with van der Waals surface area (Å²) in [6, 6.07) is 4.85. The van der Waals surface area contributed by atoms with Crippen molar-refractivity contribution in [2.75, 3.05) is 13.2 Å². The van der Waals surface area contributed by atoms with Crippen LogP contribution in [-0.2, 0) is 0 Å². The zero-order valence-corrected chi connectivity index (χ0v) is 12.4. The fourth-order valence-electron chi connectivity index (χ4n) is 1.60. The van der Waals surface area contributed by atoms with Crippen molar-refractivity contribution < 1.29 is 14.4 Å². The Morgan fingerprint density at radius 1 is 1.20 bits per heavy atom. The van der Waals surface area contributed by atoms with E-state index in [1.165, 1.54) is 12.1 Å². The highest BCUT2D eigenvalue weighted by Crippen LogP contribution is 2.28. The van der Waals surface area contributed by atoms with E-state index in [1.54, 1.807) is 6.07 Å². The van der Waals surface area contributed by atoms with Gasteiger partial charge in [-0.2, -0.15) is 0 Å². The minimum Gasteiger partial charge on any atom is -0.492 e. The van der Waals surface area contributed by atoms with Gasteiger partial charge < -0.3 is 14.8 Å². The summed E-state index contributed by atoms with van der Waals surface area (Å²) in [5.41, 5.74) is -0.0324. The largest absolute Gasteiger partial charge is 0.492 e. The van der Waals surface area contributed by atoms with Crippen LogP contribution in [0.4, 0.5) is 5.69 Å². The van der Waals surface area contributed by atoms with Crippen LogP contribution in [0.1, 0.15) is 27.7 Å². The van der Waals surface area contributed by atoms with Gasteiger partial charge in [-0.1, -0.05) is 13.8 Å². The molecule has 1 rings (SSSR count). The van der Waals surface area contributed by atoms with Crippen molar-refractivity contribution in [1.82, 2.24) is 5.32 Å². The Morgan fingerprint density at radius 2 is 1.85 bits per heavy atom. The van der Waals surface area contributed by atoms with Crippen LogP contribution in [0.25, 0.3) is 0 Å². The van der Waals surface area contributed by atoms with Crippen LogP contribution in [0.2, 0.25) is 0 Å². The summed E-state index contributed by atoms with van der Waals surface area (Å²) in [6.07, 6.45) is -0.0486. The fraction of sp³-hybridized carbons (Fsp3) is 0.571. The number of nitro groups is 1. The molecule has 6 nitrogen and oxygen atoms in total. The summed E-state index contributed by atoms with van der Waals surface area (Å²) < 4.78 is 11.0. The third kappa shape index (κ3) is 5.88. The molecule has 0 aromatic heterocycles. The lowest BCUT2D eigenvalue weighted by Gasteiger charge is -2.13. The van der Waals surface area contributed by atoms with E-state index in [9.17, 15) is 10.1 Å². The molecule has 0 atom stereocenters. The molecule has 0 aliphatic carbocycles. The van der Waals surface area contributed by atoms with E-state index in [2.05, 4.69) is 5.32 Å². The standard InChI is InChI=1S/C14H22N2O4/c1-10(2)15-5-6-19-13-7-12(16(17)18)8-14(9-13)20-11(3)4/h7-11,15H,5-6H2,1-4H3. The molecule has 1 N–H and O–H groups in total. The van der Waals surface area contributed by atoms with E-state index in [-0.39, 0.29) is 11.8 Å². The van der Waals surface area contributed by atoms with Crippen molar-refractivity contribution in [2.24, 2.45) is 0 Å². The number of nitrogens with one attached hydrogen (secondary N) is 1. The first-order chi connectivity index (χ1) is 9.38. The van der Waals surface area contributed by atoms with Crippen molar-refractivity contribution in [3.63, 3.8) is 0 Å². The van der Waals surface area contributed by atoms with E-state index in [4.69, 9.17) is 9.47 Å². The van der Waals surface area contributed by atoms with Crippen LogP contribution < -0.4 is 14.8 Å². The molecule has 0 saturated heterocycles. The first-order valence-corrected chi connectivity index (χ1v) is 6.71. The van der Waals surface area contributed by atoms with Gasteiger partial charge in [0.05, 0.1) is 23.2 Å². The van der Waals surface area contributed by atoms with Gasteiger partial charge in [0, 0.05) is 18.7 Å².